The van der Waals surface area contributed by atoms with Gasteiger partial charge in [-0.15, -0.1) is 0 Å². The number of ether oxygens (including phenoxy) is 4. The predicted molar refractivity (Wildman–Crippen MR) is 145 cm³/mol. The SMILES string of the molecule is COC(=O)C[C@@H]1[C@@]2(C)C3=C(C)[C@@H](c4ccoc4)C[C@@H]3O[C@H]2[C@H]2OC[C@]3(C)[C@@H]2[C@@]1(C)[C@H](OC(=O)C=C(C)C)C[C@@H]3O. The van der Waals surface area contributed by atoms with E-state index in [1.54, 1.807) is 12.5 Å². The second-order valence-electron chi connectivity index (χ2n) is 13.6. The Hall–Kier alpha value is -2.42. The molecular formula is C32H42O8. The zero-order valence-electron chi connectivity index (χ0n) is 24.6. The van der Waals surface area contributed by atoms with Crippen molar-refractivity contribution in [3.8, 4) is 0 Å². The van der Waals surface area contributed by atoms with Gasteiger partial charge in [0.1, 0.15) is 6.10 Å². The number of rotatable bonds is 5. The molecule has 40 heavy (non-hydrogen) atoms. The van der Waals surface area contributed by atoms with Gasteiger partial charge in [0, 0.05) is 47.0 Å². The average Bonchev–Trinajstić information content (AvgIpc) is 3.65. The molecule has 0 spiro atoms. The first-order valence-corrected chi connectivity index (χ1v) is 14.5. The highest BCUT2D eigenvalue weighted by atomic mass is 16.6. The smallest absolute Gasteiger partial charge is 0.330 e. The summed E-state index contributed by atoms with van der Waals surface area (Å²) in [5.74, 6) is -1.05. The quantitative estimate of drug-likeness (QED) is 0.317. The molecule has 1 N–H and O–H groups in total. The first kappa shape index (κ1) is 27.7. The summed E-state index contributed by atoms with van der Waals surface area (Å²) in [6.45, 7) is 12.7. The van der Waals surface area contributed by atoms with E-state index in [9.17, 15) is 14.7 Å². The molecule has 0 bridgehead atoms. The van der Waals surface area contributed by atoms with Gasteiger partial charge in [0.2, 0.25) is 0 Å². The van der Waals surface area contributed by atoms with Gasteiger partial charge in [-0.2, -0.15) is 0 Å². The summed E-state index contributed by atoms with van der Waals surface area (Å²) in [5.41, 5.74) is 2.57. The maximum absolute atomic E-state index is 13.2. The van der Waals surface area contributed by atoms with Gasteiger partial charge in [-0.3, -0.25) is 4.79 Å². The molecule has 5 aliphatic rings. The summed E-state index contributed by atoms with van der Waals surface area (Å²) >= 11 is 0. The van der Waals surface area contributed by atoms with Crippen LogP contribution in [0.15, 0.2) is 45.8 Å². The number of hydrogen-bond donors (Lipinski definition) is 1. The summed E-state index contributed by atoms with van der Waals surface area (Å²) in [6, 6.07) is 2.01. The summed E-state index contributed by atoms with van der Waals surface area (Å²) in [7, 11) is 1.42. The monoisotopic (exact) mass is 554 g/mol. The van der Waals surface area contributed by atoms with Crippen molar-refractivity contribution in [2.24, 2.45) is 28.1 Å². The Kier molecular flexibility index (Phi) is 6.45. The van der Waals surface area contributed by atoms with Gasteiger partial charge in [-0.05, 0) is 50.3 Å². The van der Waals surface area contributed by atoms with Gasteiger partial charge in [-0.25, -0.2) is 4.79 Å². The van der Waals surface area contributed by atoms with Gasteiger partial charge < -0.3 is 28.5 Å². The van der Waals surface area contributed by atoms with Crippen LogP contribution < -0.4 is 0 Å². The minimum atomic E-state index is -0.726. The lowest BCUT2D eigenvalue weighted by atomic mass is 9.40. The molecule has 2 saturated carbocycles. The molecular weight excluding hydrogens is 512 g/mol. The van der Waals surface area contributed by atoms with Crippen molar-refractivity contribution in [2.45, 2.75) is 97.2 Å². The van der Waals surface area contributed by atoms with Crippen molar-refractivity contribution in [3.63, 3.8) is 0 Å². The van der Waals surface area contributed by atoms with E-state index in [-0.39, 0.29) is 54.9 Å². The van der Waals surface area contributed by atoms with Crippen LogP contribution in [0.4, 0.5) is 0 Å². The number of aliphatic hydroxyl groups is 1. The molecule has 3 heterocycles. The molecule has 6 rings (SSSR count). The van der Waals surface area contributed by atoms with E-state index in [1.807, 2.05) is 19.9 Å². The third kappa shape index (κ3) is 3.61. The average molecular weight is 555 g/mol. The summed E-state index contributed by atoms with van der Waals surface area (Å²) in [5, 5.41) is 11.5. The van der Waals surface area contributed by atoms with Crippen molar-refractivity contribution >= 4 is 11.9 Å². The fourth-order valence-corrected chi connectivity index (χ4v) is 9.73. The number of aliphatic hydroxyl groups excluding tert-OH is 1. The maximum atomic E-state index is 13.2. The van der Waals surface area contributed by atoms with Crippen LogP contribution in [0.3, 0.4) is 0 Å². The molecule has 0 unspecified atom stereocenters. The number of esters is 2. The second kappa shape index (κ2) is 9.30. The summed E-state index contributed by atoms with van der Waals surface area (Å²) < 4.78 is 30.4. The summed E-state index contributed by atoms with van der Waals surface area (Å²) in [4.78, 5) is 26.2. The molecule has 1 aromatic rings. The highest BCUT2D eigenvalue weighted by Gasteiger charge is 2.78. The minimum absolute atomic E-state index is 0.120. The Morgan fingerprint density at radius 2 is 1.95 bits per heavy atom. The number of allylic oxidation sites excluding steroid dienone is 2. The molecule has 1 aromatic heterocycles. The summed E-state index contributed by atoms with van der Waals surface area (Å²) in [6.07, 6.45) is 4.13. The lowest BCUT2D eigenvalue weighted by Crippen LogP contribution is -2.70. The van der Waals surface area contributed by atoms with Crippen LogP contribution in [0.5, 0.6) is 0 Å². The normalized spacial score (nSPS) is 45.0. The molecule has 8 heteroatoms. The van der Waals surface area contributed by atoms with Crippen molar-refractivity contribution in [1.29, 1.82) is 0 Å². The van der Waals surface area contributed by atoms with Crippen LogP contribution in [0.1, 0.15) is 72.3 Å². The van der Waals surface area contributed by atoms with Crippen molar-refractivity contribution in [2.75, 3.05) is 13.7 Å². The zero-order valence-corrected chi connectivity index (χ0v) is 24.6. The van der Waals surface area contributed by atoms with E-state index < -0.39 is 34.4 Å². The molecule has 218 valence electrons. The van der Waals surface area contributed by atoms with Gasteiger partial charge in [-0.1, -0.05) is 31.9 Å². The highest BCUT2D eigenvalue weighted by Crippen LogP contribution is 2.73. The van der Waals surface area contributed by atoms with Crippen molar-refractivity contribution in [3.05, 3.63) is 47.0 Å². The van der Waals surface area contributed by atoms with Gasteiger partial charge in [0.25, 0.3) is 0 Å². The van der Waals surface area contributed by atoms with Crippen LogP contribution in [0.2, 0.25) is 0 Å². The Morgan fingerprint density at radius 3 is 2.60 bits per heavy atom. The Bertz CT molecular complexity index is 1260. The standard InChI is InChI=1S/C32H42O8/c1-16(2)10-25(35)40-23-13-22(33)30(4)15-38-27-28(30)31(23,5)21(12-24(34)36-7)32(6)26-17(3)19(18-8-9-37-14-18)11-20(26)39-29(27)32/h8-10,14,19-23,27-29,33H,11-13,15H2,1-7H3/t19-,20-,21-,22-,23+,27-,28+,29-,30-,31+,32-/m0/s1. The van der Waals surface area contributed by atoms with Gasteiger partial charge >= 0.3 is 11.9 Å². The molecule has 2 saturated heterocycles. The fourth-order valence-electron chi connectivity index (χ4n) is 9.73. The molecule has 3 aliphatic carbocycles. The lowest BCUT2D eigenvalue weighted by Gasteiger charge is -2.65. The Balaban J connectivity index is 1.53. The van der Waals surface area contributed by atoms with Crippen LogP contribution in [-0.4, -0.2) is 61.3 Å². The first-order valence-electron chi connectivity index (χ1n) is 14.5. The van der Waals surface area contributed by atoms with E-state index in [0.29, 0.717) is 6.61 Å². The number of carbonyl (C=O) groups excluding carboxylic acids is 2. The lowest BCUT2D eigenvalue weighted by molar-refractivity contribution is -0.248. The van der Waals surface area contributed by atoms with Crippen LogP contribution in [0.25, 0.3) is 0 Å². The number of methoxy groups -OCH3 is 1. The minimum Gasteiger partial charge on any atom is -0.472 e. The molecule has 0 radical (unpaired) electrons. The molecule has 0 amide bonds. The third-order valence-electron chi connectivity index (χ3n) is 11.4. The van der Waals surface area contributed by atoms with Gasteiger partial charge in [0.05, 0.1) is 50.7 Å². The van der Waals surface area contributed by atoms with Crippen molar-refractivity contribution < 1.29 is 38.1 Å². The van der Waals surface area contributed by atoms with E-state index in [1.165, 1.54) is 24.3 Å². The Labute approximate surface area is 236 Å². The molecule has 2 aliphatic heterocycles. The molecule has 11 atom stereocenters. The fraction of sp³-hybridized carbons (Fsp3) is 0.688. The van der Waals surface area contributed by atoms with Crippen molar-refractivity contribution in [1.82, 2.24) is 0 Å². The number of furan rings is 1. The Morgan fingerprint density at radius 1 is 1.20 bits per heavy atom. The topological polar surface area (TPSA) is 104 Å². The van der Waals surface area contributed by atoms with Crippen LogP contribution in [-0.2, 0) is 28.5 Å². The highest BCUT2D eigenvalue weighted by molar-refractivity contribution is 5.82. The molecule has 0 aromatic carbocycles. The largest absolute Gasteiger partial charge is 0.472 e. The van der Waals surface area contributed by atoms with Crippen LogP contribution in [0, 0.1) is 28.1 Å². The third-order valence-corrected chi connectivity index (χ3v) is 11.4. The molecule has 8 nitrogen and oxygen atoms in total. The molecule has 4 fully saturated rings. The van der Waals surface area contributed by atoms with E-state index in [2.05, 4.69) is 27.7 Å². The second-order valence-corrected chi connectivity index (χ2v) is 13.6. The van der Waals surface area contributed by atoms with E-state index in [4.69, 9.17) is 23.4 Å². The number of hydrogen-bond acceptors (Lipinski definition) is 8. The van der Waals surface area contributed by atoms with Crippen LogP contribution >= 0.6 is 0 Å². The maximum Gasteiger partial charge on any atom is 0.330 e. The predicted octanol–water partition coefficient (Wildman–Crippen LogP) is 4.72. The number of carbonyl (C=O) groups is 2. The zero-order chi connectivity index (χ0) is 28.8. The first-order chi connectivity index (χ1) is 18.9. The number of fused-ring (bicyclic) bond motifs is 4. The van der Waals surface area contributed by atoms with E-state index in [0.717, 1.165) is 17.6 Å². The van der Waals surface area contributed by atoms with Gasteiger partial charge in [0.15, 0.2) is 0 Å². The van der Waals surface area contributed by atoms with E-state index >= 15 is 0 Å².